The number of ether oxygens (including phenoxy) is 1. The third kappa shape index (κ3) is 9.83. The third-order valence-corrected chi connectivity index (χ3v) is 3.92. The summed E-state index contributed by atoms with van der Waals surface area (Å²) in [4.78, 5) is 23.4. The van der Waals surface area contributed by atoms with Gasteiger partial charge in [0, 0.05) is 37.8 Å². The highest BCUT2D eigenvalue weighted by Gasteiger charge is 2.20. The number of thiazole rings is 1. The fraction of sp³-hybridized carbons (Fsp3) is 0.688. The number of carbonyl (C=O) groups is 1. The van der Waals surface area contributed by atoms with Gasteiger partial charge in [-0.2, -0.15) is 0 Å². The maximum Gasteiger partial charge on any atom is 0.410 e. The van der Waals surface area contributed by atoms with Crippen molar-refractivity contribution >= 4 is 47.4 Å². The Labute approximate surface area is 171 Å². The van der Waals surface area contributed by atoms with Crippen LogP contribution < -0.4 is 10.6 Å². The van der Waals surface area contributed by atoms with E-state index in [4.69, 9.17) is 4.74 Å². The lowest BCUT2D eigenvalue weighted by Gasteiger charge is -2.26. The number of amides is 1. The molecule has 1 aromatic rings. The molecule has 1 rings (SSSR count). The zero-order valence-corrected chi connectivity index (χ0v) is 19.0. The molecule has 1 amide bonds. The fourth-order valence-corrected chi connectivity index (χ4v) is 2.60. The topological polar surface area (TPSA) is 78.9 Å². The molecule has 2 N–H and O–H groups in total. The summed E-state index contributed by atoms with van der Waals surface area (Å²) in [5, 5.41) is 7.42. The summed E-state index contributed by atoms with van der Waals surface area (Å²) in [6, 6.07) is 0. The van der Waals surface area contributed by atoms with Crippen molar-refractivity contribution in [2.75, 3.05) is 26.7 Å². The van der Waals surface area contributed by atoms with Crippen LogP contribution in [-0.2, 0) is 11.3 Å². The Morgan fingerprint density at radius 2 is 2.08 bits per heavy atom. The molecule has 25 heavy (non-hydrogen) atoms. The third-order valence-electron chi connectivity index (χ3n) is 3.01. The number of hydrogen-bond donors (Lipinski definition) is 2. The van der Waals surface area contributed by atoms with Gasteiger partial charge in [0.15, 0.2) is 5.96 Å². The van der Waals surface area contributed by atoms with Gasteiger partial charge in [0.1, 0.15) is 10.6 Å². The zero-order chi connectivity index (χ0) is 18.2. The summed E-state index contributed by atoms with van der Waals surface area (Å²) in [5.41, 5.74) is -0.485. The van der Waals surface area contributed by atoms with Crippen molar-refractivity contribution < 1.29 is 9.53 Å². The van der Waals surface area contributed by atoms with Crippen LogP contribution in [0, 0.1) is 6.92 Å². The number of halogens is 1. The monoisotopic (exact) mass is 483 g/mol. The van der Waals surface area contributed by atoms with Crippen LogP contribution in [0.1, 0.15) is 37.6 Å². The second-order valence-corrected chi connectivity index (χ2v) is 7.60. The molecule has 0 unspecified atom stereocenters. The van der Waals surface area contributed by atoms with Crippen molar-refractivity contribution in [3.63, 3.8) is 0 Å². The Bertz CT molecular complexity index is 557. The predicted molar refractivity (Wildman–Crippen MR) is 114 cm³/mol. The first-order valence-corrected chi connectivity index (χ1v) is 8.90. The van der Waals surface area contributed by atoms with Crippen LogP contribution in [0.25, 0.3) is 0 Å². The van der Waals surface area contributed by atoms with Crippen LogP contribution in [0.15, 0.2) is 11.2 Å². The van der Waals surface area contributed by atoms with Crippen molar-refractivity contribution in [3.8, 4) is 0 Å². The summed E-state index contributed by atoms with van der Waals surface area (Å²) < 4.78 is 5.39. The SMILES string of the molecule is CCN(CCNC(=NC)NCc1ncc(C)s1)C(=O)OC(C)(C)C.I. The largest absolute Gasteiger partial charge is 0.444 e. The molecule has 7 nitrogen and oxygen atoms in total. The van der Waals surface area contributed by atoms with Crippen LogP contribution in [0.5, 0.6) is 0 Å². The molecule has 0 aliphatic heterocycles. The molecule has 0 saturated carbocycles. The normalized spacial score (nSPS) is 11.5. The van der Waals surface area contributed by atoms with Crippen molar-refractivity contribution in [2.24, 2.45) is 4.99 Å². The molecular weight excluding hydrogens is 453 g/mol. The highest BCUT2D eigenvalue weighted by molar-refractivity contribution is 14.0. The van der Waals surface area contributed by atoms with Crippen LogP contribution in [0.2, 0.25) is 0 Å². The zero-order valence-electron chi connectivity index (χ0n) is 15.9. The number of nitrogens with one attached hydrogen (secondary N) is 2. The van der Waals surface area contributed by atoms with Gasteiger partial charge in [0.25, 0.3) is 0 Å². The average molecular weight is 483 g/mol. The molecule has 0 fully saturated rings. The van der Waals surface area contributed by atoms with Crippen LogP contribution >= 0.6 is 35.3 Å². The average Bonchev–Trinajstić information content (AvgIpc) is 2.90. The maximum atomic E-state index is 12.1. The molecule has 0 aliphatic carbocycles. The first-order chi connectivity index (χ1) is 11.2. The van der Waals surface area contributed by atoms with E-state index in [0.29, 0.717) is 32.1 Å². The van der Waals surface area contributed by atoms with E-state index in [1.54, 1.807) is 23.3 Å². The summed E-state index contributed by atoms with van der Waals surface area (Å²) in [7, 11) is 1.72. The van der Waals surface area contributed by atoms with Gasteiger partial charge < -0.3 is 20.3 Å². The Kier molecular flexibility index (Phi) is 11.0. The Balaban J connectivity index is 0.00000576. The molecule has 0 atom stereocenters. The number of guanidine groups is 1. The van der Waals surface area contributed by atoms with Gasteiger partial charge in [-0.25, -0.2) is 9.78 Å². The number of aliphatic imine (C=N–C) groups is 1. The number of likely N-dealkylation sites (N-methyl/N-ethyl adjacent to an activating group) is 1. The van der Waals surface area contributed by atoms with Gasteiger partial charge >= 0.3 is 6.09 Å². The first-order valence-electron chi connectivity index (χ1n) is 8.09. The quantitative estimate of drug-likeness (QED) is 0.370. The molecular formula is C16H30IN5O2S. The highest BCUT2D eigenvalue weighted by Crippen LogP contribution is 2.10. The van der Waals surface area contributed by atoms with Crippen molar-refractivity contribution in [2.45, 2.75) is 46.8 Å². The van der Waals surface area contributed by atoms with E-state index in [9.17, 15) is 4.79 Å². The van der Waals surface area contributed by atoms with E-state index < -0.39 is 5.60 Å². The highest BCUT2D eigenvalue weighted by atomic mass is 127. The van der Waals surface area contributed by atoms with E-state index in [2.05, 4.69) is 20.6 Å². The smallest absolute Gasteiger partial charge is 0.410 e. The lowest BCUT2D eigenvalue weighted by atomic mass is 10.2. The number of carbonyl (C=O) groups excluding carboxylic acids is 1. The second kappa shape index (κ2) is 11.5. The molecule has 144 valence electrons. The Morgan fingerprint density at radius 1 is 1.40 bits per heavy atom. The lowest BCUT2D eigenvalue weighted by Crippen LogP contribution is -2.44. The van der Waals surface area contributed by atoms with Crippen LogP contribution in [0.3, 0.4) is 0 Å². The maximum absolute atomic E-state index is 12.1. The summed E-state index contributed by atoms with van der Waals surface area (Å²) in [5.74, 6) is 0.683. The molecule has 0 radical (unpaired) electrons. The molecule has 1 heterocycles. The standard InChI is InChI=1S/C16H29N5O2S.HI/c1-7-21(15(22)23-16(3,4)5)9-8-18-14(17-6)20-11-13-19-10-12(2)24-13;/h10H,7-9,11H2,1-6H3,(H2,17,18,20);1H. The van der Waals surface area contributed by atoms with E-state index in [1.165, 1.54) is 4.88 Å². The number of nitrogens with zero attached hydrogens (tertiary/aromatic N) is 3. The number of aryl methyl sites for hydroxylation is 1. The Hall–Kier alpha value is -1.10. The van der Waals surface area contributed by atoms with E-state index in [-0.39, 0.29) is 30.1 Å². The predicted octanol–water partition coefficient (Wildman–Crippen LogP) is 2.99. The molecule has 0 saturated heterocycles. The second-order valence-electron chi connectivity index (χ2n) is 6.28. The molecule has 0 aliphatic rings. The fourth-order valence-electron chi connectivity index (χ4n) is 1.88. The van der Waals surface area contributed by atoms with E-state index in [0.717, 1.165) is 5.01 Å². The van der Waals surface area contributed by atoms with Crippen molar-refractivity contribution in [3.05, 3.63) is 16.1 Å². The Morgan fingerprint density at radius 3 is 2.56 bits per heavy atom. The van der Waals surface area contributed by atoms with Crippen LogP contribution in [-0.4, -0.2) is 54.2 Å². The molecule has 1 aromatic heterocycles. The number of rotatable bonds is 6. The van der Waals surface area contributed by atoms with Gasteiger partial charge in [-0.15, -0.1) is 35.3 Å². The minimum atomic E-state index is -0.485. The molecule has 9 heteroatoms. The van der Waals surface area contributed by atoms with Gasteiger partial charge in [0.05, 0.1) is 6.54 Å². The first kappa shape index (κ1) is 23.9. The number of hydrogen-bond acceptors (Lipinski definition) is 5. The van der Waals surface area contributed by atoms with Gasteiger partial charge in [-0.05, 0) is 34.6 Å². The summed E-state index contributed by atoms with van der Waals surface area (Å²) in [6.07, 6.45) is 1.56. The van der Waals surface area contributed by atoms with Gasteiger partial charge in [-0.3, -0.25) is 4.99 Å². The van der Waals surface area contributed by atoms with Crippen molar-refractivity contribution in [1.29, 1.82) is 0 Å². The molecule has 0 spiro atoms. The number of aromatic nitrogens is 1. The van der Waals surface area contributed by atoms with E-state index >= 15 is 0 Å². The summed E-state index contributed by atoms with van der Waals surface area (Å²) >= 11 is 1.66. The van der Waals surface area contributed by atoms with Gasteiger partial charge in [-0.1, -0.05) is 0 Å². The lowest BCUT2D eigenvalue weighted by molar-refractivity contribution is 0.0264. The summed E-state index contributed by atoms with van der Waals surface area (Å²) in [6.45, 7) is 11.9. The molecule has 0 aromatic carbocycles. The minimum absolute atomic E-state index is 0. The minimum Gasteiger partial charge on any atom is -0.444 e. The van der Waals surface area contributed by atoms with Crippen molar-refractivity contribution in [1.82, 2.24) is 20.5 Å². The van der Waals surface area contributed by atoms with Gasteiger partial charge in [0.2, 0.25) is 0 Å². The molecule has 0 bridgehead atoms. The van der Waals surface area contributed by atoms with Crippen LogP contribution in [0.4, 0.5) is 4.79 Å². The van der Waals surface area contributed by atoms with E-state index in [1.807, 2.05) is 40.8 Å².